The molecule has 0 radical (unpaired) electrons. The van der Waals surface area contributed by atoms with Crippen molar-refractivity contribution in [1.29, 1.82) is 5.26 Å². The molecular formula is C24H18BrClN2O2. The molecule has 0 spiro atoms. The molecule has 150 valence electrons. The summed E-state index contributed by atoms with van der Waals surface area (Å²) in [5.74, 6) is 0.0985. The van der Waals surface area contributed by atoms with Crippen molar-refractivity contribution >= 4 is 45.2 Å². The molecule has 0 heterocycles. The molecule has 30 heavy (non-hydrogen) atoms. The second kappa shape index (κ2) is 10.1. The monoisotopic (exact) mass is 480 g/mol. The first-order valence-corrected chi connectivity index (χ1v) is 10.3. The molecule has 1 amide bonds. The van der Waals surface area contributed by atoms with Gasteiger partial charge in [0, 0.05) is 27.2 Å². The number of hydrogen-bond acceptors (Lipinski definition) is 3. The van der Waals surface area contributed by atoms with Gasteiger partial charge in [-0.1, -0.05) is 63.9 Å². The number of carbonyl (C=O) groups excluding carboxylic acids is 1. The van der Waals surface area contributed by atoms with Crippen molar-refractivity contribution in [3.05, 3.63) is 98.5 Å². The molecule has 0 aliphatic heterocycles. The molecule has 0 bridgehead atoms. The lowest BCUT2D eigenvalue weighted by atomic mass is 10.0. The van der Waals surface area contributed by atoms with Crippen LogP contribution in [0.2, 0.25) is 5.02 Å². The van der Waals surface area contributed by atoms with Crippen LogP contribution in [0.25, 0.3) is 6.08 Å². The number of para-hydroxylation sites is 1. The molecule has 0 aliphatic carbocycles. The topological polar surface area (TPSA) is 62.1 Å². The van der Waals surface area contributed by atoms with Crippen molar-refractivity contribution < 1.29 is 9.53 Å². The van der Waals surface area contributed by atoms with E-state index in [9.17, 15) is 10.1 Å². The number of nitrogens with zero attached hydrogens (tertiary/aromatic N) is 1. The van der Waals surface area contributed by atoms with Gasteiger partial charge in [-0.3, -0.25) is 4.79 Å². The second-order valence-electron chi connectivity index (χ2n) is 6.44. The number of nitrogens with one attached hydrogen (secondary N) is 1. The highest BCUT2D eigenvalue weighted by atomic mass is 79.9. The van der Waals surface area contributed by atoms with Crippen molar-refractivity contribution in [2.75, 3.05) is 12.4 Å². The van der Waals surface area contributed by atoms with E-state index in [1.165, 1.54) is 6.08 Å². The van der Waals surface area contributed by atoms with E-state index in [0.29, 0.717) is 28.4 Å². The van der Waals surface area contributed by atoms with Gasteiger partial charge in [0.15, 0.2) is 0 Å². The van der Waals surface area contributed by atoms with Crippen molar-refractivity contribution in [1.82, 2.24) is 0 Å². The molecule has 6 heteroatoms. The number of anilines is 1. The molecule has 0 fully saturated rings. The Balaban J connectivity index is 1.90. The van der Waals surface area contributed by atoms with E-state index >= 15 is 0 Å². The molecule has 1 N–H and O–H groups in total. The fraction of sp³-hybridized carbons (Fsp3) is 0.0833. The standard InChI is InChI=1S/C24H18BrClN2O2/c1-30-23-13-16(11-18(15-27)24(29)28-19-8-3-2-4-9-19)12-22(26)20(23)14-17-7-5-6-10-21(17)25/h2-13H,14H2,1H3,(H,28,29)/b18-11+. The van der Waals surface area contributed by atoms with E-state index in [1.807, 2.05) is 36.4 Å². The zero-order chi connectivity index (χ0) is 21.5. The van der Waals surface area contributed by atoms with E-state index in [-0.39, 0.29) is 5.57 Å². The van der Waals surface area contributed by atoms with Crippen LogP contribution in [0, 0.1) is 11.3 Å². The number of ether oxygens (including phenoxy) is 1. The van der Waals surface area contributed by atoms with Gasteiger partial charge in [-0.25, -0.2) is 0 Å². The van der Waals surface area contributed by atoms with E-state index in [4.69, 9.17) is 16.3 Å². The highest BCUT2D eigenvalue weighted by Crippen LogP contribution is 2.33. The van der Waals surface area contributed by atoms with Crippen LogP contribution in [0.4, 0.5) is 5.69 Å². The highest BCUT2D eigenvalue weighted by Gasteiger charge is 2.14. The van der Waals surface area contributed by atoms with E-state index in [1.54, 1.807) is 43.5 Å². The van der Waals surface area contributed by atoms with Crippen LogP contribution in [0.5, 0.6) is 5.75 Å². The second-order valence-corrected chi connectivity index (χ2v) is 7.70. The predicted molar refractivity (Wildman–Crippen MR) is 124 cm³/mol. The summed E-state index contributed by atoms with van der Waals surface area (Å²) in [6.45, 7) is 0. The van der Waals surface area contributed by atoms with E-state index in [0.717, 1.165) is 15.6 Å². The maximum Gasteiger partial charge on any atom is 0.266 e. The van der Waals surface area contributed by atoms with Crippen LogP contribution < -0.4 is 10.1 Å². The van der Waals surface area contributed by atoms with Gasteiger partial charge in [0.1, 0.15) is 17.4 Å². The Morgan fingerprint density at radius 3 is 2.53 bits per heavy atom. The molecule has 3 aromatic rings. The number of methoxy groups -OCH3 is 1. The van der Waals surface area contributed by atoms with Gasteiger partial charge in [-0.2, -0.15) is 5.26 Å². The average Bonchev–Trinajstić information content (AvgIpc) is 2.75. The smallest absolute Gasteiger partial charge is 0.266 e. The third-order valence-electron chi connectivity index (χ3n) is 4.43. The number of rotatable bonds is 6. The fourth-order valence-electron chi connectivity index (χ4n) is 2.94. The summed E-state index contributed by atoms with van der Waals surface area (Å²) in [7, 11) is 1.57. The van der Waals surface area contributed by atoms with Crippen LogP contribution >= 0.6 is 27.5 Å². The quantitative estimate of drug-likeness (QED) is 0.334. The number of amides is 1. The van der Waals surface area contributed by atoms with Crippen LogP contribution in [0.1, 0.15) is 16.7 Å². The molecule has 0 saturated heterocycles. The van der Waals surface area contributed by atoms with Crippen LogP contribution in [-0.2, 0) is 11.2 Å². The molecule has 3 aromatic carbocycles. The minimum absolute atomic E-state index is 0.0319. The summed E-state index contributed by atoms with van der Waals surface area (Å²) < 4.78 is 6.52. The molecule has 0 unspecified atom stereocenters. The minimum atomic E-state index is -0.490. The van der Waals surface area contributed by atoms with Gasteiger partial charge >= 0.3 is 0 Å². The van der Waals surface area contributed by atoms with Gasteiger partial charge in [0.2, 0.25) is 0 Å². The van der Waals surface area contributed by atoms with Crippen LogP contribution in [0.15, 0.2) is 76.8 Å². The van der Waals surface area contributed by atoms with Crippen molar-refractivity contribution in [2.45, 2.75) is 6.42 Å². The highest BCUT2D eigenvalue weighted by molar-refractivity contribution is 9.10. The van der Waals surface area contributed by atoms with E-state index < -0.39 is 5.91 Å². The van der Waals surface area contributed by atoms with Crippen LogP contribution in [-0.4, -0.2) is 13.0 Å². The Kier molecular flexibility index (Phi) is 7.29. The van der Waals surface area contributed by atoms with Crippen molar-refractivity contribution in [3.63, 3.8) is 0 Å². The van der Waals surface area contributed by atoms with Gasteiger partial charge in [-0.15, -0.1) is 0 Å². The number of carbonyl (C=O) groups is 1. The molecule has 4 nitrogen and oxygen atoms in total. The average molecular weight is 482 g/mol. The fourth-order valence-corrected chi connectivity index (χ4v) is 3.65. The molecule has 0 aliphatic rings. The largest absolute Gasteiger partial charge is 0.496 e. The maximum atomic E-state index is 12.5. The van der Waals surface area contributed by atoms with Crippen molar-refractivity contribution in [2.24, 2.45) is 0 Å². The normalized spacial score (nSPS) is 10.9. The Labute approximate surface area is 188 Å². The summed E-state index contributed by atoms with van der Waals surface area (Å²) >= 11 is 10.1. The van der Waals surface area contributed by atoms with Crippen LogP contribution in [0.3, 0.4) is 0 Å². The lowest BCUT2D eigenvalue weighted by Crippen LogP contribution is -2.13. The summed E-state index contributed by atoms with van der Waals surface area (Å²) in [6, 6.07) is 22.3. The van der Waals surface area contributed by atoms with Gasteiger partial charge in [0.05, 0.1) is 7.11 Å². The third kappa shape index (κ3) is 5.29. The SMILES string of the molecule is COc1cc(/C=C(\C#N)C(=O)Nc2ccccc2)cc(Cl)c1Cc1ccccc1Br. The number of benzene rings is 3. The molecule has 0 saturated carbocycles. The van der Waals surface area contributed by atoms with Gasteiger partial charge < -0.3 is 10.1 Å². The zero-order valence-corrected chi connectivity index (χ0v) is 18.5. The third-order valence-corrected chi connectivity index (χ3v) is 5.54. The summed E-state index contributed by atoms with van der Waals surface area (Å²) in [4.78, 5) is 12.5. The Morgan fingerprint density at radius 1 is 1.17 bits per heavy atom. The first-order valence-electron chi connectivity index (χ1n) is 9.10. The molecule has 0 aromatic heterocycles. The Bertz CT molecular complexity index is 1140. The predicted octanol–water partition coefficient (Wildman–Crippen LogP) is 6.25. The van der Waals surface area contributed by atoms with Gasteiger partial charge in [0.25, 0.3) is 5.91 Å². The number of nitriles is 1. The summed E-state index contributed by atoms with van der Waals surface area (Å²) in [5.41, 5.74) is 3.09. The number of hydrogen-bond donors (Lipinski definition) is 1. The first-order chi connectivity index (χ1) is 14.5. The van der Waals surface area contributed by atoms with E-state index in [2.05, 4.69) is 21.2 Å². The summed E-state index contributed by atoms with van der Waals surface area (Å²) in [6.07, 6.45) is 2.07. The zero-order valence-electron chi connectivity index (χ0n) is 16.2. The molecule has 3 rings (SSSR count). The van der Waals surface area contributed by atoms with Crippen molar-refractivity contribution in [3.8, 4) is 11.8 Å². The molecular weight excluding hydrogens is 464 g/mol. The maximum absolute atomic E-state index is 12.5. The lowest BCUT2D eigenvalue weighted by Gasteiger charge is -2.13. The molecule has 0 atom stereocenters. The van der Waals surface area contributed by atoms with Gasteiger partial charge in [-0.05, 0) is 47.5 Å². The lowest BCUT2D eigenvalue weighted by molar-refractivity contribution is -0.112. The Morgan fingerprint density at radius 2 is 1.87 bits per heavy atom. The minimum Gasteiger partial charge on any atom is -0.496 e. The summed E-state index contributed by atoms with van der Waals surface area (Å²) in [5, 5.41) is 12.7. The number of halogens is 2. The Hall–Kier alpha value is -3.07. The first kappa shape index (κ1) is 21.6.